The predicted octanol–water partition coefficient (Wildman–Crippen LogP) is 4.34. The molecule has 0 spiro atoms. The van der Waals surface area contributed by atoms with Crippen LogP contribution in [0.4, 0.5) is 0 Å². The summed E-state index contributed by atoms with van der Waals surface area (Å²) in [7, 11) is 0. The fourth-order valence-electron chi connectivity index (χ4n) is 3.15. The van der Waals surface area contributed by atoms with E-state index in [0.717, 1.165) is 11.1 Å². The van der Waals surface area contributed by atoms with Gasteiger partial charge in [-0.05, 0) is 61.7 Å². The van der Waals surface area contributed by atoms with E-state index in [4.69, 9.17) is 0 Å². The number of rotatable bonds is 6. The molecule has 1 aromatic heterocycles. The fraction of sp³-hybridized carbons (Fsp3) is 0.240. The first-order valence-corrected chi connectivity index (χ1v) is 9.88. The third-order valence-electron chi connectivity index (χ3n) is 4.52. The number of amides is 1. The van der Waals surface area contributed by atoms with Gasteiger partial charge in [0.25, 0.3) is 5.91 Å². The molecule has 5 nitrogen and oxygen atoms in total. The van der Waals surface area contributed by atoms with E-state index in [1.807, 2.05) is 63.2 Å². The molecule has 0 radical (unpaired) electrons. The van der Waals surface area contributed by atoms with Crippen LogP contribution in [0.3, 0.4) is 0 Å². The van der Waals surface area contributed by atoms with Gasteiger partial charge in [0, 0.05) is 30.1 Å². The molecule has 3 rings (SSSR count). The molecule has 5 heteroatoms. The minimum Gasteiger partial charge on any atom is -0.508 e. The zero-order valence-electron chi connectivity index (χ0n) is 17.5. The molecule has 2 aromatic carbocycles. The van der Waals surface area contributed by atoms with E-state index in [-0.39, 0.29) is 41.5 Å². The Morgan fingerprint density at radius 3 is 2.37 bits per heavy atom. The quantitative estimate of drug-likeness (QED) is 0.643. The first kappa shape index (κ1) is 21.2. The molecule has 0 saturated heterocycles. The van der Waals surface area contributed by atoms with Gasteiger partial charge in [0.05, 0.1) is 0 Å². The van der Waals surface area contributed by atoms with Gasteiger partial charge >= 0.3 is 0 Å². The zero-order chi connectivity index (χ0) is 21.7. The zero-order valence-corrected chi connectivity index (χ0v) is 17.5. The number of aromatic hydroxyl groups is 1. The molecular formula is C25H26N2O3. The van der Waals surface area contributed by atoms with Gasteiger partial charge in [0.1, 0.15) is 17.2 Å². The van der Waals surface area contributed by atoms with Gasteiger partial charge < -0.3 is 10.4 Å². The van der Waals surface area contributed by atoms with Crippen molar-refractivity contribution >= 4 is 11.7 Å². The monoisotopic (exact) mass is 402 g/mol. The van der Waals surface area contributed by atoms with Crippen LogP contribution in [0.15, 0.2) is 66.9 Å². The molecule has 0 bridgehead atoms. The van der Waals surface area contributed by atoms with Crippen LogP contribution in [0.5, 0.6) is 5.75 Å². The number of hydrogen-bond donors (Lipinski definition) is 2. The summed E-state index contributed by atoms with van der Waals surface area (Å²) in [6.45, 7) is 5.69. The van der Waals surface area contributed by atoms with E-state index in [2.05, 4.69) is 10.3 Å². The average molecular weight is 402 g/mol. The lowest BCUT2D eigenvalue weighted by atomic mass is 9.98. The molecule has 2 N–H and O–H groups in total. The maximum atomic E-state index is 12.7. The molecule has 0 fully saturated rings. The number of aromatic nitrogens is 1. The highest BCUT2D eigenvalue weighted by molar-refractivity contribution is 5.93. The van der Waals surface area contributed by atoms with Gasteiger partial charge in [-0.2, -0.15) is 0 Å². The summed E-state index contributed by atoms with van der Waals surface area (Å²) in [6, 6.07) is 18.5. The molecule has 0 aliphatic heterocycles. The van der Waals surface area contributed by atoms with Crippen LogP contribution in [0.1, 0.15) is 42.4 Å². The van der Waals surface area contributed by atoms with Gasteiger partial charge in [0.2, 0.25) is 0 Å². The van der Waals surface area contributed by atoms with Crippen LogP contribution in [0, 0.1) is 0 Å². The Kier molecular flexibility index (Phi) is 6.31. The number of pyridine rings is 1. The average Bonchev–Trinajstić information content (AvgIpc) is 2.69. The Balaban J connectivity index is 1.72. The van der Waals surface area contributed by atoms with Crippen molar-refractivity contribution < 1.29 is 14.7 Å². The molecule has 3 aromatic rings. The van der Waals surface area contributed by atoms with Gasteiger partial charge in [-0.15, -0.1) is 0 Å². The number of carbonyl (C=O) groups excluding carboxylic acids is 2. The minimum absolute atomic E-state index is 0.0520. The number of phenolic OH excluding ortho intramolecular Hbond substituents is 1. The molecule has 0 aliphatic rings. The second kappa shape index (κ2) is 8.91. The smallest absolute Gasteiger partial charge is 0.270 e. The Bertz CT molecular complexity index is 1050. The van der Waals surface area contributed by atoms with Crippen LogP contribution in [-0.4, -0.2) is 27.3 Å². The lowest BCUT2D eigenvalue weighted by Gasteiger charge is -2.20. The highest BCUT2D eigenvalue weighted by Gasteiger charge is 2.17. The molecule has 30 heavy (non-hydrogen) atoms. The number of nitrogens with one attached hydrogen (secondary N) is 1. The van der Waals surface area contributed by atoms with Crippen molar-refractivity contribution in [1.29, 1.82) is 0 Å². The molecule has 1 amide bonds. The predicted molar refractivity (Wildman–Crippen MR) is 117 cm³/mol. The SMILES string of the molecule is CC(C)(C)NC(=O)c1cc(CC(=O)Cc2cc(-c3ccccc3)ccc2O)ccn1. The lowest BCUT2D eigenvalue weighted by molar-refractivity contribution is -0.117. The largest absolute Gasteiger partial charge is 0.508 e. The van der Waals surface area contributed by atoms with Crippen molar-refractivity contribution in [3.63, 3.8) is 0 Å². The number of hydrogen-bond acceptors (Lipinski definition) is 4. The first-order chi connectivity index (χ1) is 14.2. The van der Waals surface area contributed by atoms with E-state index < -0.39 is 0 Å². The summed E-state index contributed by atoms with van der Waals surface area (Å²) in [5.74, 6) is -0.225. The van der Waals surface area contributed by atoms with Gasteiger partial charge in [-0.3, -0.25) is 14.6 Å². The van der Waals surface area contributed by atoms with Crippen LogP contribution in [-0.2, 0) is 17.6 Å². The van der Waals surface area contributed by atoms with Crippen molar-refractivity contribution in [1.82, 2.24) is 10.3 Å². The van der Waals surface area contributed by atoms with E-state index in [9.17, 15) is 14.7 Å². The maximum Gasteiger partial charge on any atom is 0.270 e. The number of ketones is 1. The van der Waals surface area contributed by atoms with Crippen LogP contribution in [0.25, 0.3) is 11.1 Å². The highest BCUT2D eigenvalue weighted by atomic mass is 16.3. The normalized spacial score (nSPS) is 11.2. The molecule has 0 atom stereocenters. The number of carbonyl (C=O) groups is 2. The molecule has 0 aliphatic carbocycles. The molecule has 154 valence electrons. The second-order valence-electron chi connectivity index (χ2n) is 8.36. The molecule has 1 heterocycles. The van der Waals surface area contributed by atoms with E-state index >= 15 is 0 Å². The third-order valence-corrected chi connectivity index (χ3v) is 4.52. The van der Waals surface area contributed by atoms with Crippen molar-refractivity contribution in [2.75, 3.05) is 0 Å². The van der Waals surface area contributed by atoms with Crippen molar-refractivity contribution in [2.24, 2.45) is 0 Å². The van der Waals surface area contributed by atoms with E-state index in [0.29, 0.717) is 11.1 Å². The highest BCUT2D eigenvalue weighted by Crippen LogP contribution is 2.26. The summed E-state index contributed by atoms with van der Waals surface area (Å²) in [4.78, 5) is 29.1. The summed E-state index contributed by atoms with van der Waals surface area (Å²) in [6.07, 6.45) is 1.80. The van der Waals surface area contributed by atoms with Gasteiger partial charge in [-0.25, -0.2) is 0 Å². The number of benzene rings is 2. The number of phenols is 1. The van der Waals surface area contributed by atoms with Gasteiger partial charge in [-0.1, -0.05) is 36.4 Å². The third kappa shape index (κ3) is 5.77. The standard InChI is InChI=1S/C25H26N2O3/c1-25(2,3)27-24(30)22-14-17(11-12-26-22)13-21(28)16-20-15-19(9-10-23(20)29)18-7-5-4-6-8-18/h4-12,14-15,29H,13,16H2,1-3H3,(H,27,30). The Morgan fingerprint density at radius 2 is 1.67 bits per heavy atom. The number of Topliss-reactive ketones (excluding diaryl/α,β-unsaturated/α-hetero) is 1. The van der Waals surface area contributed by atoms with Crippen LogP contribution < -0.4 is 5.32 Å². The van der Waals surface area contributed by atoms with Crippen molar-refractivity contribution in [2.45, 2.75) is 39.2 Å². The van der Waals surface area contributed by atoms with E-state index in [1.54, 1.807) is 18.2 Å². The summed E-state index contributed by atoms with van der Waals surface area (Å²) in [5, 5.41) is 13.1. The van der Waals surface area contributed by atoms with Gasteiger partial charge in [0.15, 0.2) is 0 Å². The Labute approximate surface area is 176 Å². The van der Waals surface area contributed by atoms with Crippen LogP contribution in [0.2, 0.25) is 0 Å². The summed E-state index contributed by atoms with van der Waals surface area (Å²) in [5.41, 5.74) is 3.18. The Hall–Kier alpha value is -3.47. The molecule has 0 unspecified atom stereocenters. The minimum atomic E-state index is -0.369. The second-order valence-corrected chi connectivity index (χ2v) is 8.36. The maximum absolute atomic E-state index is 12.7. The van der Waals surface area contributed by atoms with Crippen LogP contribution >= 0.6 is 0 Å². The Morgan fingerprint density at radius 1 is 0.933 bits per heavy atom. The van der Waals surface area contributed by atoms with Crippen molar-refractivity contribution in [3.05, 3.63) is 83.7 Å². The summed E-state index contributed by atoms with van der Waals surface area (Å²) < 4.78 is 0. The molecular weight excluding hydrogens is 376 g/mol. The van der Waals surface area contributed by atoms with Crippen molar-refractivity contribution in [3.8, 4) is 16.9 Å². The fourth-order valence-corrected chi connectivity index (χ4v) is 3.15. The lowest BCUT2D eigenvalue weighted by Crippen LogP contribution is -2.40. The van der Waals surface area contributed by atoms with E-state index in [1.165, 1.54) is 6.20 Å². The summed E-state index contributed by atoms with van der Waals surface area (Å²) >= 11 is 0. The first-order valence-electron chi connectivity index (χ1n) is 9.88. The number of nitrogens with zero attached hydrogens (tertiary/aromatic N) is 1. The topological polar surface area (TPSA) is 79.3 Å². The molecule has 0 saturated carbocycles.